The minimum atomic E-state index is -3.13. The van der Waals surface area contributed by atoms with Gasteiger partial charge < -0.3 is 25.6 Å². The van der Waals surface area contributed by atoms with E-state index in [9.17, 15) is 23.2 Å². The van der Waals surface area contributed by atoms with Crippen LogP contribution in [0.3, 0.4) is 0 Å². The van der Waals surface area contributed by atoms with Crippen molar-refractivity contribution in [3.05, 3.63) is 76.2 Å². The molecule has 4 rings (SSSR count). The molecule has 1 fully saturated rings. The van der Waals surface area contributed by atoms with Crippen LogP contribution in [-0.4, -0.2) is 70.2 Å². The highest BCUT2D eigenvalue weighted by molar-refractivity contribution is 6.31. The van der Waals surface area contributed by atoms with Crippen LogP contribution in [-0.2, 0) is 16.1 Å². The number of methoxy groups -OCH3 is 1. The van der Waals surface area contributed by atoms with Crippen LogP contribution in [0.5, 0.6) is 0 Å². The lowest BCUT2D eigenvalue weighted by atomic mass is 10.0. The molecule has 0 radical (unpaired) electrons. The number of hydrogen-bond donors (Lipinski definition) is 3. The van der Waals surface area contributed by atoms with Crippen LogP contribution in [0.15, 0.2) is 48.8 Å². The molecule has 2 aromatic heterocycles. The maximum Gasteiger partial charge on any atom is 0.318 e. The van der Waals surface area contributed by atoms with Gasteiger partial charge in [-0.1, -0.05) is 23.7 Å². The highest BCUT2D eigenvalue weighted by Gasteiger charge is 2.42. The van der Waals surface area contributed by atoms with Gasteiger partial charge in [-0.25, -0.2) is 18.6 Å². The summed E-state index contributed by atoms with van der Waals surface area (Å²) in [5.41, 5.74) is 1.87. The number of ether oxygens (including phenoxy) is 1. The first-order valence-corrected chi connectivity index (χ1v) is 13.2. The van der Waals surface area contributed by atoms with Crippen LogP contribution in [0.1, 0.15) is 46.2 Å². The molecule has 0 bridgehead atoms. The molecule has 41 heavy (non-hydrogen) atoms. The van der Waals surface area contributed by atoms with Gasteiger partial charge >= 0.3 is 6.03 Å². The second-order valence-corrected chi connectivity index (χ2v) is 9.93. The monoisotopic (exact) mass is 589 g/mol. The van der Waals surface area contributed by atoms with Crippen molar-refractivity contribution in [2.24, 2.45) is 0 Å². The Balaban J connectivity index is 1.62. The van der Waals surface area contributed by atoms with E-state index in [0.29, 0.717) is 28.3 Å². The first kappa shape index (κ1) is 29.9. The number of amides is 4. The second-order valence-electron chi connectivity index (χ2n) is 9.52. The van der Waals surface area contributed by atoms with Crippen molar-refractivity contribution in [1.82, 2.24) is 30.3 Å². The first-order chi connectivity index (χ1) is 19.5. The molecule has 3 heterocycles. The fourth-order valence-corrected chi connectivity index (χ4v) is 4.63. The van der Waals surface area contributed by atoms with E-state index in [2.05, 4.69) is 26.0 Å². The summed E-state index contributed by atoms with van der Waals surface area (Å²) in [6.07, 6.45) is 2.87. The molecular weight excluding hydrogens is 560 g/mol. The molecule has 0 saturated carbocycles. The van der Waals surface area contributed by atoms with Gasteiger partial charge in [0.2, 0.25) is 0 Å². The lowest BCUT2D eigenvalue weighted by Gasteiger charge is -2.38. The smallest absolute Gasteiger partial charge is 0.318 e. The summed E-state index contributed by atoms with van der Waals surface area (Å²) in [6, 6.07) is 6.83. The van der Waals surface area contributed by atoms with Gasteiger partial charge in [0.25, 0.3) is 17.7 Å². The third kappa shape index (κ3) is 6.98. The van der Waals surface area contributed by atoms with Crippen LogP contribution in [0.2, 0.25) is 5.02 Å². The van der Waals surface area contributed by atoms with Crippen molar-refractivity contribution in [3.8, 4) is 0 Å². The van der Waals surface area contributed by atoms with Crippen molar-refractivity contribution in [1.29, 1.82) is 0 Å². The highest BCUT2D eigenvalue weighted by atomic mass is 35.5. The summed E-state index contributed by atoms with van der Waals surface area (Å²) >= 11 is 6.19. The Labute approximate surface area is 240 Å². The quantitative estimate of drug-likeness (QED) is 0.330. The number of urea groups is 1. The van der Waals surface area contributed by atoms with Crippen molar-refractivity contribution in [2.45, 2.75) is 38.4 Å². The topological polar surface area (TPSA) is 130 Å². The van der Waals surface area contributed by atoms with Gasteiger partial charge in [0.05, 0.1) is 25.7 Å². The fraction of sp³-hybridized carbons (Fsp3) is 0.370. The Morgan fingerprint density at radius 1 is 1.20 bits per heavy atom. The molecule has 1 saturated heterocycles. The molecule has 3 N–H and O–H groups in total. The molecular formula is C27H30ClF2N7O4. The summed E-state index contributed by atoms with van der Waals surface area (Å²) in [5, 5.41) is 12.2. The molecule has 0 aliphatic carbocycles. The van der Waals surface area contributed by atoms with Gasteiger partial charge in [0, 0.05) is 31.1 Å². The highest BCUT2D eigenvalue weighted by Crippen LogP contribution is 2.29. The van der Waals surface area contributed by atoms with Crippen molar-refractivity contribution in [2.75, 3.05) is 32.1 Å². The van der Waals surface area contributed by atoms with Crippen LogP contribution in [0.4, 0.5) is 19.4 Å². The van der Waals surface area contributed by atoms with Crippen LogP contribution in [0, 0.1) is 6.92 Å². The van der Waals surface area contributed by atoms with E-state index >= 15 is 0 Å². The SMILES string of the molecule is CCn1nccc1C(=O)N[C@H](C(=O)Nc1cc([C@@H](COC)N2CC(F)(F)CNC2=O)ccn1)c1ccc(Cl)c(C)c1. The summed E-state index contributed by atoms with van der Waals surface area (Å²) in [5.74, 6) is -4.17. The Morgan fingerprint density at radius 3 is 2.68 bits per heavy atom. The number of benzene rings is 1. The van der Waals surface area contributed by atoms with Gasteiger partial charge in [-0.15, -0.1) is 0 Å². The summed E-state index contributed by atoms with van der Waals surface area (Å²) in [7, 11) is 1.39. The summed E-state index contributed by atoms with van der Waals surface area (Å²) in [4.78, 5) is 44.4. The Kier molecular flexibility index (Phi) is 9.18. The average molecular weight is 590 g/mol. The number of halogens is 3. The van der Waals surface area contributed by atoms with E-state index in [0.717, 1.165) is 4.90 Å². The minimum Gasteiger partial charge on any atom is -0.382 e. The number of carbonyl (C=O) groups is 3. The lowest BCUT2D eigenvalue weighted by molar-refractivity contribution is -0.118. The van der Waals surface area contributed by atoms with Gasteiger partial charge in [-0.05, 0) is 54.8 Å². The molecule has 3 aromatic rings. The van der Waals surface area contributed by atoms with Crippen molar-refractivity contribution >= 4 is 35.3 Å². The van der Waals surface area contributed by atoms with Gasteiger partial charge in [-0.2, -0.15) is 5.10 Å². The van der Waals surface area contributed by atoms with Crippen LogP contribution >= 0.6 is 11.6 Å². The summed E-state index contributed by atoms with van der Waals surface area (Å²) < 4.78 is 35.0. The van der Waals surface area contributed by atoms with E-state index in [1.807, 2.05) is 6.92 Å². The van der Waals surface area contributed by atoms with Gasteiger partial charge in [0.15, 0.2) is 0 Å². The predicted molar refractivity (Wildman–Crippen MR) is 147 cm³/mol. The lowest BCUT2D eigenvalue weighted by Crippen LogP contribution is -2.58. The number of aromatic nitrogens is 3. The van der Waals surface area contributed by atoms with E-state index in [-0.39, 0.29) is 18.1 Å². The molecule has 11 nitrogen and oxygen atoms in total. The normalized spacial score (nSPS) is 16.0. The molecule has 2 atom stereocenters. The third-order valence-corrected chi connectivity index (χ3v) is 7.01. The van der Waals surface area contributed by atoms with Gasteiger partial charge in [0.1, 0.15) is 17.6 Å². The average Bonchev–Trinajstić information content (AvgIpc) is 3.43. The second kappa shape index (κ2) is 12.6. The number of hydrogen-bond acceptors (Lipinski definition) is 6. The number of aryl methyl sites for hydroxylation is 2. The first-order valence-electron chi connectivity index (χ1n) is 12.8. The zero-order valence-corrected chi connectivity index (χ0v) is 23.4. The number of nitrogens with zero attached hydrogens (tertiary/aromatic N) is 4. The number of alkyl halides is 2. The third-order valence-electron chi connectivity index (χ3n) is 6.58. The molecule has 1 aliphatic heterocycles. The molecule has 1 aromatic carbocycles. The fourth-order valence-electron chi connectivity index (χ4n) is 4.51. The van der Waals surface area contributed by atoms with Gasteiger partial charge in [-0.3, -0.25) is 14.3 Å². The molecule has 1 aliphatic rings. The number of carbonyl (C=O) groups excluding carboxylic acids is 3. The molecule has 0 spiro atoms. The zero-order chi connectivity index (χ0) is 29.7. The number of nitrogens with one attached hydrogen (secondary N) is 3. The number of pyridine rings is 1. The predicted octanol–water partition coefficient (Wildman–Crippen LogP) is 3.72. The van der Waals surface area contributed by atoms with Crippen molar-refractivity contribution in [3.63, 3.8) is 0 Å². The Morgan fingerprint density at radius 2 is 1.98 bits per heavy atom. The van der Waals surface area contributed by atoms with Crippen molar-refractivity contribution < 1.29 is 27.9 Å². The largest absolute Gasteiger partial charge is 0.382 e. The van der Waals surface area contributed by atoms with Crippen LogP contribution in [0.25, 0.3) is 0 Å². The van der Waals surface area contributed by atoms with Crippen LogP contribution < -0.4 is 16.0 Å². The minimum absolute atomic E-state index is 0.0747. The zero-order valence-electron chi connectivity index (χ0n) is 22.7. The maximum atomic E-state index is 14.1. The number of rotatable bonds is 10. The maximum absolute atomic E-state index is 14.1. The van der Waals surface area contributed by atoms with E-state index in [4.69, 9.17) is 16.3 Å². The molecule has 4 amide bonds. The molecule has 14 heteroatoms. The molecule has 0 unspecified atom stereocenters. The standard InChI is InChI=1S/C27H30ClF2N7O4/c1-4-37-20(8-10-33-37)24(38)35-23(18-5-6-19(28)16(2)11-18)25(39)34-22-12-17(7-9-31-22)21(13-41-3)36-15-27(29,30)14-32-26(36)40/h5-12,21,23H,4,13-15H2,1-3H3,(H,32,40)(H,35,38)(H,31,34,39)/t21-,23+/m1/s1. The number of anilines is 1. The summed E-state index contributed by atoms with van der Waals surface area (Å²) in [6.45, 7) is 2.43. The Hall–Kier alpha value is -4.10. The van der Waals surface area contributed by atoms with E-state index in [1.165, 1.54) is 30.3 Å². The van der Waals surface area contributed by atoms with E-state index < -0.39 is 48.9 Å². The Bertz CT molecular complexity index is 1430. The van der Waals surface area contributed by atoms with E-state index in [1.54, 1.807) is 37.3 Å². The molecule has 218 valence electrons.